The molecule has 1 aromatic rings. The topological polar surface area (TPSA) is 73.5 Å². The predicted octanol–water partition coefficient (Wildman–Crippen LogP) is 2.35. The number of anilines is 1. The zero-order chi connectivity index (χ0) is 19.1. The predicted molar refractivity (Wildman–Crippen MR) is 117 cm³/mol. The van der Waals surface area contributed by atoms with Crippen LogP contribution in [0, 0.1) is 5.92 Å². The van der Waals surface area contributed by atoms with Crippen molar-refractivity contribution >= 4 is 41.7 Å². The van der Waals surface area contributed by atoms with Crippen molar-refractivity contribution in [3.63, 3.8) is 0 Å². The van der Waals surface area contributed by atoms with Crippen LogP contribution in [-0.2, 0) is 9.59 Å². The van der Waals surface area contributed by atoms with Gasteiger partial charge in [-0.05, 0) is 69.1 Å². The van der Waals surface area contributed by atoms with Gasteiger partial charge in [0.2, 0.25) is 11.8 Å². The van der Waals surface area contributed by atoms with Gasteiger partial charge < -0.3 is 16.0 Å². The maximum Gasteiger partial charge on any atom is 0.238 e. The normalized spacial score (nSPS) is 22.3. The summed E-state index contributed by atoms with van der Waals surface area (Å²) in [6, 6.07) is 7.88. The molecule has 2 aliphatic rings. The molecule has 156 valence electrons. The number of benzene rings is 1. The number of nitrogens with zero attached hydrogens (tertiary/aromatic N) is 1. The lowest BCUT2D eigenvalue weighted by Crippen LogP contribution is -2.46. The molecule has 1 aromatic carbocycles. The van der Waals surface area contributed by atoms with Crippen LogP contribution in [0.1, 0.15) is 25.7 Å². The molecule has 0 aromatic heterocycles. The van der Waals surface area contributed by atoms with Gasteiger partial charge in [-0.3, -0.25) is 14.5 Å². The first-order valence-corrected chi connectivity index (χ1v) is 11.0. The highest BCUT2D eigenvalue weighted by Gasteiger charge is 2.25. The fraction of sp³-hybridized carbons (Fsp3) is 0.600. The lowest BCUT2D eigenvalue weighted by atomic mass is 9.98. The molecular weight excluding hydrogens is 396 g/mol. The van der Waals surface area contributed by atoms with Crippen LogP contribution < -0.4 is 16.0 Å². The third-order valence-corrected chi connectivity index (χ3v) is 5.99. The zero-order valence-corrected chi connectivity index (χ0v) is 18.0. The average molecular weight is 427 g/mol. The van der Waals surface area contributed by atoms with E-state index in [2.05, 4.69) is 20.9 Å². The number of carbonyl (C=O) groups excluding carboxylic acids is 2. The van der Waals surface area contributed by atoms with E-state index in [1.807, 2.05) is 30.5 Å². The van der Waals surface area contributed by atoms with Gasteiger partial charge in [0.25, 0.3) is 0 Å². The van der Waals surface area contributed by atoms with Crippen LogP contribution in [0.5, 0.6) is 0 Å². The van der Waals surface area contributed by atoms with Crippen molar-refractivity contribution in [3.8, 4) is 0 Å². The van der Waals surface area contributed by atoms with Gasteiger partial charge in [0, 0.05) is 23.7 Å². The first kappa shape index (κ1) is 23.0. The summed E-state index contributed by atoms with van der Waals surface area (Å²) in [6.45, 7) is 3.83. The molecule has 3 rings (SSSR count). The van der Waals surface area contributed by atoms with Gasteiger partial charge in [0.1, 0.15) is 0 Å². The van der Waals surface area contributed by atoms with E-state index in [0.29, 0.717) is 19.0 Å². The third kappa shape index (κ3) is 6.95. The quantitative estimate of drug-likeness (QED) is 0.583. The Kier molecular flexibility index (Phi) is 9.58. The summed E-state index contributed by atoms with van der Waals surface area (Å²) in [6.07, 6.45) is 6.20. The molecule has 2 saturated heterocycles. The van der Waals surface area contributed by atoms with Gasteiger partial charge in [0.15, 0.2) is 0 Å². The molecule has 8 heteroatoms. The second-order valence-electron chi connectivity index (χ2n) is 7.42. The van der Waals surface area contributed by atoms with Crippen molar-refractivity contribution in [1.29, 1.82) is 0 Å². The molecule has 2 fully saturated rings. The van der Waals surface area contributed by atoms with Crippen LogP contribution in [0.3, 0.4) is 0 Å². The number of nitrogens with one attached hydrogen (secondary N) is 3. The number of rotatable bonds is 7. The van der Waals surface area contributed by atoms with E-state index in [-0.39, 0.29) is 30.3 Å². The van der Waals surface area contributed by atoms with Crippen molar-refractivity contribution in [3.05, 3.63) is 24.3 Å². The Hall–Kier alpha value is -1.28. The molecule has 28 heavy (non-hydrogen) atoms. The van der Waals surface area contributed by atoms with Crippen LogP contribution in [0.2, 0.25) is 0 Å². The molecule has 6 nitrogen and oxygen atoms in total. The highest BCUT2D eigenvalue weighted by molar-refractivity contribution is 7.98. The second-order valence-corrected chi connectivity index (χ2v) is 8.30. The molecule has 2 atom stereocenters. The minimum Gasteiger partial charge on any atom is -0.354 e. The summed E-state index contributed by atoms with van der Waals surface area (Å²) in [5, 5.41) is 9.32. The molecule has 2 unspecified atom stereocenters. The molecule has 2 heterocycles. The van der Waals surface area contributed by atoms with Crippen LogP contribution in [-0.4, -0.2) is 61.7 Å². The highest BCUT2D eigenvalue weighted by atomic mass is 35.5. The van der Waals surface area contributed by atoms with E-state index in [1.165, 1.54) is 0 Å². The Morgan fingerprint density at radius 3 is 2.89 bits per heavy atom. The van der Waals surface area contributed by atoms with Crippen LogP contribution in [0.4, 0.5) is 5.69 Å². The molecular formula is C20H31ClN4O2S. The van der Waals surface area contributed by atoms with E-state index in [0.717, 1.165) is 55.9 Å². The van der Waals surface area contributed by atoms with Gasteiger partial charge in [-0.1, -0.05) is 6.07 Å². The highest BCUT2D eigenvalue weighted by Crippen LogP contribution is 2.19. The summed E-state index contributed by atoms with van der Waals surface area (Å²) in [5.41, 5.74) is 0.844. The van der Waals surface area contributed by atoms with Crippen LogP contribution in [0.25, 0.3) is 0 Å². The first-order valence-electron chi connectivity index (χ1n) is 9.81. The number of thioether (sulfide) groups is 1. The standard InChI is InChI=1S/C20H30N4O2S.ClH/c1-27-17-7-2-6-16(11-17)23-19(25)14-24-10-4-5-15(13-24)12-22-20(26)18-8-3-9-21-18;/h2,6-7,11,15,18,21H,3-5,8-10,12-14H2,1H3,(H,22,26)(H,23,25);1H. The molecule has 2 amide bonds. The monoisotopic (exact) mass is 426 g/mol. The van der Waals surface area contributed by atoms with E-state index in [9.17, 15) is 9.59 Å². The fourth-order valence-electron chi connectivity index (χ4n) is 3.84. The van der Waals surface area contributed by atoms with Crippen molar-refractivity contribution < 1.29 is 9.59 Å². The van der Waals surface area contributed by atoms with Gasteiger partial charge in [-0.2, -0.15) is 0 Å². The van der Waals surface area contributed by atoms with Crippen molar-refractivity contribution in [2.75, 3.05) is 44.3 Å². The minimum atomic E-state index is -0.0208. The number of halogens is 1. The number of amides is 2. The maximum atomic E-state index is 12.4. The maximum absolute atomic E-state index is 12.4. The Morgan fingerprint density at radius 1 is 1.29 bits per heavy atom. The molecule has 2 aliphatic heterocycles. The van der Waals surface area contributed by atoms with Gasteiger partial charge in [-0.15, -0.1) is 24.2 Å². The Balaban J connectivity index is 0.00000280. The van der Waals surface area contributed by atoms with Crippen molar-refractivity contribution in [2.45, 2.75) is 36.6 Å². The molecule has 3 N–H and O–H groups in total. The largest absolute Gasteiger partial charge is 0.354 e. The third-order valence-electron chi connectivity index (χ3n) is 5.27. The molecule has 0 radical (unpaired) electrons. The van der Waals surface area contributed by atoms with Gasteiger partial charge >= 0.3 is 0 Å². The number of likely N-dealkylation sites (tertiary alicyclic amines) is 1. The lowest BCUT2D eigenvalue weighted by molar-refractivity contribution is -0.123. The summed E-state index contributed by atoms with van der Waals surface area (Å²) >= 11 is 1.66. The molecule has 0 spiro atoms. The molecule has 0 aliphatic carbocycles. The second kappa shape index (κ2) is 11.7. The lowest BCUT2D eigenvalue weighted by Gasteiger charge is -2.32. The number of carbonyl (C=O) groups is 2. The van der Waals surface area contributed by atoms with E-state index in [1.54, 1.807) is 11.8 Å². The average Bonchev–Trinajstić information content (AvgIpc) is 3.21. The summed E-state index contributed by atoms with van der Waals surface area (Å²) < 4.78 is 0. The van der Waals surface area contributed by atoms with Crippen molar-refractivity contribution in [1.82, 2.24) is 15.5 Å². The summed E-state index contributed by atoms with van der Waals surface area (Å²) in [4.78, 5) is 27.9. The Labute approximate surface area is 178 Å². The SMILES string of the molecule is CSc1cccc(NC(=O)CN2CCCC(CNC(=O)C3CCCN3)C2)c1.Cl. The Morgan fingerprint density at radius 2 is 2.14 bits per heavy atom. The number of piperidine rings is 1. The summed E-state index contributed by atoms with van der Waals surface area (Å²) in [5.74, 6) is 0.556. The van der Waals surface area contributed by atoms with Crippen LogP contribution in [0.15, 0.2) is 29.2 Å². The first-order chi connectivity index (χ1) is 13.1. The summed E-state index contributed by atoms with van der Waals surface area (Å²) in [7, 11) is 0. The number of hydrogen-bond acceptors (Lipinski definition) is 5. The smallest absolute Gasteiger partial charge is 0.238 e. The molecule has 0 bridgehead atoms. The molecule has 0 saturated carbocycles. The van der Waals surface area contributed by atoms with Gasteiger partial charge in [0.05, 0.1) is 12.6 Å². The fourth-order valence-corrected chi connectivity index (χ4v) is 4.30. The van der Waals surface area contributed by atoms with E-state index < -0.39 is 0 Å². The minimum absolute atomic E-state index is 0. The van der Waals surface area contributed by atoms with Crippen LogP contribution >= 0.6 is 24.2 Å². The van der Waals surface area contributed by atoms with Gasteiger partial charge in [-0.25, -0.2) is 0 Å². The number of hydrogen-bond donors (Lipinski definition) is 3. The van der Waals surface area contributed by atoms with Crippen molar-refractivity contribution in [2.24, 2.45) is 5.92 Å². The van der Waals surface area contributed by atoms with E-state index in [4.69, 9.17) is 0 Å². The van der Waals surface area contributed by atoms with E-state index >= 15 is 0 Å². The Bertz CT molecular complexity index is 655. The zero-order valence-electron chi connectivity index (χ0n) is 16.4.